The predicted molar refractivity (Wildman–Crippen MR) is 131 cm³/mol. The third kappa shape index (κ3) is 4.26. The van der Waals surface area contributed by atoms with Gasteiger partial charge >= 0.3 is 0 Å². The first-order valence-corrected chi connectivity index (χ1v) is 11.6. The van der Waals surface area contributed by atoms with Crippen molar-refractivity contribution in [2.75, 3.05) is 38.0 Å². The van der Waals surface area contributed by atoms with Gasteiger partial charge in [0.1, 0.15) is 29.1 Å². The van der Waals surface area contributed by atoms with E-state index in [1.165, 1.54) is 0 Å². The van der Waals surface area contributed by atoms with E-state index in [-0.39, 0.29) is 23.7 Å². The number of methoxy groups -OCH3 is 1. The molecule has 0 saturated carbocycles. The molecule has 5 heterocycles. The summed E-state index contributed by atoms with van der Waals surface area (Å²) in [6.45, 7) is 5.12. The number of hydrogen-bond acceptors (Lipinski definition) is 9. The van der Waals surface area contributed by atoms with E-state index in [4.69, 9.17) is 14.5 Å². The number of nitrogens with one attached hydrogen (secondary N) is 2. The zero-order valence-electron chi connectivity index (χ0n) is 20.2. The number of aromatic nitrogens is 7. The molecule has 0 aliphatic carbocycles. The van der Waals surface area contributed by atoms with Crippen molar-refractivity contribution in [3.8, 4) is 11.3 Å². The molecule has 4 aromatic rings. The van der Waals surface area contributed by atoms with Crippen LogP contribution in [0.1, 0.15) is 32.4 Å². The fraction of sp³-hybridized carbons (Fsp3) is 0.435. The van der Waals surface area contributed by atoms with Crippen molar-refractivity contribution in [1.29, 1.82) is 0 Å². The van der Waals surface area contributed by atoms with Gasteiger partial charge in [-0.15, -0.1) is 5.10 Å². The van der Waals surface area contributed by atoms with Crippen LogP contribution in [-0.2, 0) is 9.47 Å². The smallest absolute Gasteiger partial charge is 0.274 e. The molecule has 1 saturated heterocycles. The van der Waals surface area contributed by atoms with E-state index >= 15 is 0 Å². The standard InChI is InChI=1S/C23H29N9O3/c1-14(2)31-12-17(28-29-31)15-11-25-32-21(24-3)10-20(27-22(15)32)26-16-6-5-8-30(23(16)33)18-7-9-35-13-19(18)34-4/h5-6,8,10-12,14,18-19,24H,7,9,13H2,1-4H3,(H,26,27)/t18?,19-/m1/s1. The van der Waals surface area contributed by atoms with Gasteiger partial charge in [0.15, 0.2) is 5.65 Å². The van der Waals surface area contributed by atoms with Gasteiger partial charge in [-0.1, -0.05) is 5.21 Å². The lowest BCUT2D eigenvalue weighted by atomic mass is 10.1. The molecule has 0 amide bonds. The highest BCUT2D eigenvalue weighted by Crippen LogP contribution is 2.27. The zero-order valence-corrected chi connectivity index (χ0v) is 20.2. The highest BCUT2D eigenvalue weighted by Gasteiger charge is 2.28. The Bertz CT molecular complexity index is 1390. The molecule has 184 valence electrons. The lowest BCUT2D eigenvalue weighted by molar-refractivity contribution is -0.0609. The second-order valence-electron chi connectivity index (χ2n) is 8.71. The van der Waals surface area contributed by atoms with Crippen molar-refractivity contribution in [3.63, 3.8) is 0 Å². The van der Waals surface area contributed by atoms with Crippen LogP contribution in [0.2, 0.25) is 0 Å². The minimum absolute atomic E-state index is 0.101. The number of ether oxygens (including phenoxy) is 2. The van der Waals surface area contributed by atoms with Crippen LogP contribution < -0.4 is 16.2 Å². The summed E-state index contributed by atoms with van der Waals surface area (Å²) in [5.74, 6) is 1.21. The first-order chi connectivity index (χ1) is 17.0. The van der Waals surface area contributed by atoms with Crippen molar-refractivity contribution in [2.24, 2.45) is 0 Å². The molecule has 35 heavy (non-hydrogen) atoms. The monoisotopic (exact) mass is 479 g/mol. The van der Waals surface area contributed by atoms with Crippen molar-refractivity contribution >= 4 is 23.0 Å². The van der Waals surface area contributed by atoms with Crippen LogP contribution in [0.3, 0.4) is 0 Å². The Kier molecular flexibility index (Phi) is 6.22. The van der Waals surface area contributed by atoms with Gasteiger partial charge in [0.05, 0.1) is 30.6 Å². The summed E-state index contributed by atoms with van der Waals surface area (Å²) in [6.07, 6.45) is 5.89. The van der Waals surface area contributed by atoms with Gasteiger partial charge in [-0.3, -0.25) is 4.79 Å². The van der Waals surface area contributed by atoms with Crippen molar-refractivity contribution in [3.05, 3.63) is 47.1 Å². The van der Waals surface area contributed by atoms with Crippen LogP contribution in [0.25, 0.3) is 16.9 Å². The topological polar surface area (TPSA) is 125 Å². The maximum atomic E-state index is 13.4. The number of fused-ring (bicyclic) bond motifs is 1. The Balaban J connectivity index is 1.53. The Labute approximate surface area is 201 Å². The van der Waals surface area contributed by atoms with E-state index in [1.807, 2.05) is 26.1 Å². The Morgan fingerprint density at radius 2 is 2.17 bits per heavy atom. The molecule has 12 nitrogen and oxygen atoms in total. The lowest BCUT2D eigenvalue weighted by Gasteiger charge is -2.32. The van der Waals surface area contributed by atoms with Gasteiger partial charge in [-0.2, -0.15) is 9.61 Å². The van der Waals surface area contributed by atoms with E-state index in [1.54, 1.807) is 52.4 Å². The quantitative estimate of drug-likeness (QED) is 0.411. The average molecular weight is 480 g/mol. The average Bonchev–Trinajstić information content (AvgIpc) is 3.52. The Morgan fingerprint density at radius 3 is 2.91 bits per heavy atom. The summed E-state index contributed by atoms with van der Waals surface area (Å²) in [5.41, 5.74) is 2.28. The third-order valence-corrected chi connectivity index (χ3v) is 6.21. The normalized spacial score (nSPS) is 18.3. The second kappa shape index (κ2) is 9.47. The molecule has 5 rings (SSSR count). The molecule has 1 aliphatic heterocycles. The zero-order chi connectivity index (χ0) is 24.5. The highest BCUT2D eigenvalue weighted by atomic mass is 16.5. The number of rotatable bonds is 7. The molecule has 1 fully saturated rings. The Morgan fingerprint density at radius 1 is 1.31 bits per heavy atom. The van der Waals surface area contributed by atoms with Crippen LogP contribution in [0.4, 0.5) is 17.3 Å². The molecule has 0 aromatic carbocycles. The van der Waals surface area contributed by atoms with Crippen LogP contribution in [0.5, 0.6) is 0 Å². The number of pyridine rings is 1. The van der Waals surface area contributed by atoms with Crippen LogP contribution in [0, 0.1) is 0 Å². The number of nitrogens with zero attached hydrogens (tertiary/aromatic N) is 7. The van der Waals surface area contributed by atoms with Crippen molar-refractivity contribution < 1.29 is 9.47 Å². The maximum Gasteiger partial charge on any atom is 0.274 e. The minimum Gasteiger partial charge on any atom is -0.379 e. The molecule has 1 aliphatic rings. The van der Waals surface area contributed by atoms with Crippen molar-refractivity contribution in [1.82, 2.24) is 34.2 Å². The minimum atomic E-state index is -0.185. The number of hydrogen-bond donors (Lipinski definition) is 2. The largest absolute Gasteiger partial charge is 0.379 e. The molecule has 2 atom stereocenters. The molecular weight excluding hydrogens is 450 g/mol. The maximum absolute atomic E-state index is 13.4. The van der Waals surface area contributed by atoms with Gasteiger partial charge in [0.2, 0.25) is 0 Å². The van der Waals surface area contributed by atoms with E-state index in [9.17, 15) is 4.79 Å². The summed E-state index contributed by atoms with van der Waals surface area (Å²) in [4.78, 5) is 18.1. The van der Waals surface area contributed by atoms with Crippen LogP contribution in [0.15, 0.2) is 41.6 Å². The first-order valence-electron chi connectivity index (χ1n) is 11.6. The SMILES string of the molecule is CNc1cc(Nc2cccn(C3CCOC[C@H]3OC)c2=O)nc2c(-c3cn(C(C)C)nn3)cnn12. The second-order valence-corrected chi connectivity index (χ2v) is 8.71. The molecule has 0 bridgehead atoms. The van der Waals surface area contributed by atoms with Crippen LogP contribution in [-0.4, -0.2) is 67.6 Å². The van der Waals surface area contributed by atoms with E-state index < -0.39 is 0 Å². The summed E-state index contributed by atoms with van der Waals surface area (Å²) in [5, 5.41) is 19.3. The molecular formula is C23H29N9O3. The van der Waals surface area contributed by atoms with Crippen molar-refractivity contribution in [2.45, 2.75) is 38.5 Å². The highest BCUT2D eigenvalue weighted by molar-refractivity contribution is 5.77. The molecule has 1 unspecified atom stereocenters. The molecule has 4 aromatic heterocycles. The van der Waals surface area contributed by atoms with Gasteiger partial charge in [-0.25, -0.2) is 9.67 Å². The fourth-order valence-corrected chi connectivity index (χ4v) is 4.29. The van der Waals surface area contributed by atoms with E-state index in [0.29, 0.717) is 48.3 Å². The first kappa shape index (κ1) is 23.0. The van der Waals surface area contributed by atoms with E-state index in [2.05, 4.69) is 26.0 Å². The lowest BCUT2D eigenvalue weighted by Crippen LogP contribution is -2.40. The van der Waals surface area contributed by atoms with Gasteiger partial charge in [0, 0.05) is 39.1 Å². The molecule has 0 spiro atoms. The fourth-order valence-electron chi connectivity index (χ4n) is 4.29. The predicted octanol–water partition coefficient (Wildman–Crippen LogP) is 2.49. The van der Waals surface area contributed by atoms with E-state index in [0.717, 1.165) is 5.56 Å². The summed E-state index contributed by atoms with van der Waals surface area (Å²) >= 11 is 0. The Hall–Kier alpha value is -3.77. The molecule has 0 radical (unpaired) electrons. The number of anilines is 3. The third-order valence-electron chi connectivity index (χ3n) is 6.21. The van der Waals surface area contributed by atoms with Gasteiger partial charge < -0.3 is 24.7 Å². The summed E-state index contributed by atoms with van der Waals surface area (Å²) in [6, 6.07) is 5.48. The molecule has 12 heteroatoms. The van der Waals surface area contributed by atoms with Gasteiger partial charge in [0.25, 0.3) is 5.56 Å². The van der Waals surface area contributed by atoms with Crippen LogP contribution >= 0.6 is 0 Å². The summed E-state index contributed by atoms with van der Waals surface area (Å²) in [7, 11) is 3.45. The summed E-state index contributed by atoms with van der Waals surface area (Å²) < 4.78 is 16.3. The molecule has 2 N–H and O–H groups in total. The van der Waals surface area contributed by atoms with Gasteiger partial charge in [-0.05, 0) is 32.4 Å².